The molecule has 0 amide bonds. The lowest BCUT2D eigenvalue weighted by molar-refractivity contribution is 0.374. The third kappa shape index (κ3) is 1.74. The lowest BCUT2D eigenvalue weighted by Gasteiger charge is -2.06. The number of ether oxygens (including phenoxy) is 1. The number of hydrogen-bond acceptors (Lipinski definition) is 6. The van der Waals surface area contributed by atoms with Gasteiger partial charge in [0.25, 0.3) is 5.56 Å². The number of phenolic OH excluding ortho intramolecular Hbond substituents is 1. The topological polar surface area (TPSA) is 130 Å². The van der Waals surface area contributed by atoms with E-state index in [0.717, 1.165) is 0 Å². The number of anilines is 1. The van der Waals surface area contributed by atoms with Crippen LogP contribution in [-0.2, 0) is 0 Å². The molecular formula is C12H11N5O3. The summed E-state index contributed by atoms with van der Waals surface area (Å²) in [5.41, 5.74) is 5.81. The molecule has 0 saturated heterocycles. The van der Waals surface area contributed by atoms with Crippen molar-refractivity contribution in [2.45, 2.75) is 0 Å². The average molecular weight is 273 g/mol. The minimum Gasteiger partial charge on any atom is -0.504 e. The predicted molar refractivity (Wildman–Crippen MR) is 72.6 cm³/mol. The van der Waals surface area contributed by atoms with Crippen LogP contribution in [0.15, 0.2) is 23.0 Å². The smallest absolute Gasteiger partial charge is 0.278 e. The second-order valence-electron chi connectivity index (χ2n) is 4.09. The van der Waals surface area contributed by atoms with Gasteiger partial charge in [-0.1, -0.05) is 6.07 Å². The predicted octanol–water partition coefficient (Wildman–Crippen LogP) is 0.610. The van der Waals surface area contributed by atoms with Crippen molar-refractivity contribution < 1.29 is 9.84 Å². The number of imidazole rings is 1. The summed E-state index contributed by atoms with van der Waals surface area (Å²) in [5.74, 6) is 0.526. The number of aromatic nitrogens is 4. The summed E-state index contributed by atoms with van der Waals surface area (Å²) in [7, 11) is 1.45. The van der Waals surface area contributed by atoms with Crippen molar-refractivity contribution in [2.75, 3.05) is 12.8 Å². The Hall–Kier alpha value is -3.03. The van der Waals surface area contributed by atoms with E-state index in [9.17, 15) is 9.90 Å². The molecule has 20 heavy (non-hydrogen) atoms. The lowest BCUT2D eigenvalue weighted by Crippen LogP contribution is -2.10. The van der Waals surface area contributed by atoms with E-state index in [1.165, 1.54) is 7.11 Å². The van der Waals surface area contributed by atoms with Crippen LogP contribution >= 0.6 is 0 Å². The van der Waals surface area contributed by atoms with Gasteiger partial charge >= 0.3 is 0 Å². The SMILES string of the molecule is COc1cccc(-c2nc3nc(N)[nH]c(=O)c3[nH]2)c1O. The molecule has 3 aromatic rings. The van der Waals surface area contributed by atoms with Crippen LogP contribution < -0.4 is 16.0 Å². The average Bonchev–Trinajstić information content (AvgIpc) is 2.83. The molecule has 8 nitrogen and oxygen atoms in total. The molecule has 102 valence electrons. The Balaban J connectivity index is 2.26. The maximum Gasteiger partial charge on any atom is 0.278 e. The Labute approximate surface area is 112 Å². The van der Waals surface area contributed by atoms with Crippen molar-refractivity contribution >= 4 is 17.1 Å². The Bertz CT molecular complexity index is 852. The van der Waals surface area contributed by atoms with Crippen LogP contribution in [0.4, 0.5) is 5.95 Å². The van der Waals surface area contributed by atoms with Crippen LogP contribution in [0, 0.1) is 0 Å². The summed E-state index contributed by atoms with van der Waals surface area (Å²) in [6, 6.07) is 4.96. The van der Waals surface area contributed by atoms with E-state index in [1.54, 1.807) is 18.2 Å². The summed E-state index contributed by atoms with van der Waals surface area (Å²) in [5, 5.41) is 10.1. The Morgan fingerprint density at radius 3 is 2.85 bits per heavy atom. The molecule has 0 aliphatic rings. The third-order valence-electron chi connectivity index (χ3n) is 2.85. The number of nitrogen functional groups attached to an aromatic ring is 1. The zero-order valence-corrected chi connectivity index (χ0v) is 10.5. The number of nitrogens with two attached hydrogens (primary N) is 1. The fraction of sp³-hybridized carbons (Fsp3) is 0.0833. The highest BCUT2D eigenvalue weighted by molar-refractivity contribution is 5.78. The molecule has 0 radical (unpaired) electrons. The second kappa shape index (κ2) is 4.26. The number of fused-ring (bicyclic) bond motifs is 1. The van der Waals surface area contributed by atoms with E-state index >= 15 is 0 Å². The van der Waals surface area contributed by atoms with Gasteiger partial charge in [0.05, 0.1) is 12.7 Å². The molecule has 1 aromatic carbocycles. The summed E-state index contributed by atoms with van der Waals surface area (Å²) in [6.07, 6.45) is 0. The number of phenols is 1. The Kier molecular flexibility index (Phi) is 2.56. The summed E-state index contributed by atoms with van der Waals surface area (Å²) < 4.78 is 5.03. The lowest BCUT2D eigenvalue weighted by atomic mass is 10.2. The highest BCUT2D eigenvalue weighted by Gasteiger charge is 2.15. The highest BCUT2D eigenvalue weighted by atomic mass is 16.5. The zero-order chi connectivity index (χ0) is 14.3. The number of benzene rings is 1. The number of H-pyrrole nitrogens is 2. The number of hydrogen-bond donors (Lipinski definition) is 4. The molecule has 3 rings (SSSR count). The summed E-state index contributed by atoms with van der Waals surface area (Å²) >= 11 is 0. The summed E-state index contributed by atoms with van der Waals surface area (Å²) in [6.45, 7) is 0. The van der Waals surface area contributed by atoms with Gasteiger partial charge in [0.2, 0.25) is 5.95 Å². The van der Waals surface area contributed by atoms with E-state index in [4.69, 9.17) is 10.5 Å². The molecular weight excluding hydrogens is 262 g/mol. The van der Waals surface area contributed by atoms with Crippen molar-refractivity contribution in [1.29, 1.82) is 0 Å². The maximum atomic E-state index is 11.7. The van der Waals surface area contributed by atoms with Gasteiger partial charge in [0.15, 0.2) is 22.7 Å². The largest absolute Gasteiger partial charge is 0.504 e. The van der Waals surface area contributed by atoms with Crippen molar-refractivity contribution in [2.24, 2.45) is 0 Å². The van der Waals surface area contributed by atoms with Crippen molar-refractivity contribution in [3.8, 4) is 22.9 Å². The van der Waals surface area contributed by atoms with E-state index in [1.807, 2.05) is 0 Å². The van der Waals surface area contributed by atoms with E-state index in [2.05, 4.69) is 19.9 Å². The first kappa shape index (κ1) is 12.0. The number of rotatable bonds is 2. The first-order valence-corrected chi connectivity index (χ1v) is 5.72. The first-order valence-electron chi connectivity index (χ1n) is 5.72. The molecule has 0 aliphatic carbocycles. The normalized spacial score (nSPS) is 10.8. The van der Waals surface area contributed by atoms with Crippen LogP contribution in [-0.4, -0.2) is 32.2 Å². The molecule has 0 bridgehead atoms. The second-order valence-corrected chi connectivity index (χ2v) is 4.09. The number of aromatic amines is 2. The van der Waals surface area contributed by atoms with Gasteiger partial charge in [-0.05, 0) is 12.1 Å². The molecule has 0 saturated carbocycles. The van der Waals surface area contributed by atoms with Crippen LogP contribution in [0.3, 0.4) is 0 Å². The maximum absolute atomic E-state index is 11.7. The van der Waals surface area contributed by atoms with Crippen molar-refractivity contribution in [1.82, 2.24) is 19.9 Å². The van der Waals surface area contributed by atoms with Gasteiger partial charge in [-0.15, -0.1) is 0 Å². The van der Waals surface area contributed by atoms with E-state index in [0.29, 0.717) is 17.1 Å². The van der Waals surface area contributed by atoms with Gasteiger partial charge < -0.3 is 20.6 Å². The molecule has 2 aromatic heterocycles. The molecule has 0 spiro atoms. The molecule has 0 fully saturated rings. The first-order chi connectivity index (χ1) is 9.60. The molecule has 0 aliphatic heterocycles. The molecule has 0 atom stereocenters. The molecule has 2 heterocycles. The third-order valence-corrected chi connectivity index (χ3v) is 2.85. The van der Waals surface area contributed by atoms with Gasteiger partial charge in [0.1, 0.15) is 5.82 Å². The summed E-state index contributed by atoms with van der Waals surface area (Å²) in [4.78, 5) is 25.0. The zero-order valence-electron chi connectivity index (χ0n) is 10.5. The number of aromatic hydroxyl groups is 1. The van der Waals surface area contributed by atoms with E-state index in [-0.39, 0.29) is 22.9 Å². The van der Waals surface area contributed by atoms with Crippen molar-refractivity contribution in [3.05, 3.63) is 28.6 Å². The highest BCUT2D eigenvalue weighted by Crippen LogP contribution is 2.35. The Morgan fingerprint density at radius 2 is 2.10 bits per heavy atom. The van der Waals surface area contributed by atoms with E-state index < -0.39 is 5.56 Å². The number of nitrogens with zero attached hydrogens (tertiary/aromatic N) is 2. The van der Waals surface area contributed by atoms with Gasteiger partial charge in [-0.3, -0.25) is 9.78 Å². The Morgan fingerprint density at radius 1 is 1.30 bits per heavy atom. The molecule has 0 unspecified atom stereocenters. The van der Waals surface area contributed by atoms with Crippen LogP contribution in [0.1, 0.15) is 0 Å². The standard InChI is InChI=1S/C12H11N5O3/c1-20-6-4-2-3-5(8(6)18)9-14-7-10(15-9)16-12(13)17-11(7)19/h2-4,18H,1H3,(H4,13,14,15,16,17,19). The van der Waals surface area contributed by atoms with Crippen LogP contribution in [0.2, 0.25) is 0 Å². The quantitative estimate of drug-likeness (QED) is 0.541. The number of para-hydroxylation sites is 1. The van der Waals surface area contributed by atoms with Crippen LogP contribution in [0.25, 0.3) is 22.6 Å². The van der Waals surface area contributed by atoms with Crippen LogP contribution in [0.5, 0.6) is 11.5 Å². The molecule has 5 N–H and O–H groups in total. The minimum absolute atomic E-state index is 0.0181. The number of nitrogens with one attached hydrogen (secondary N) is 2. The fourth-order valence-electron chi connectivity index (χ4n) is 1.93. The van der Waals surface area contributed by atoms with Crippen molar-refractivity contribution in [3.63, 3.8) is 0 Å². The molecule has 8 heteroatoms. The van der Waals surface area contributed by atoms with Gasteiger partial charge in [0, 0.05) is 0 Å². The van der Waals surface area contributed by atoms with Gasteiger partial charge in [-0.25, -0.2) is 4.98 Å². The fourth-order valence-corrected chi connectivity index (χ4v) is 1.93. The minimum atomic E-state index is -0.423. The monoisotopic (exact) mass is 273 g/mol. The number of methoxy groups -OCH3 is 1. The van der Waals surface area contributed by atoms with Gasteiger partial charge in [-0.2, -0.15) is 4.98 Å².